The highest BCUT2D eigenvalue weighted by Gasteiger charge is 2.22. The van der Waals surface area contributed by atoms with Crippen LogP contribution in [0.4, 0.5) is 0 Å². The van der Waals surface area contributed by atoms with Gasteiger partial charge in [0, 0.05) is 10.8 Å². The number of methoxy groups -OCH3 is 1. The van der Waals surface area contributed by atoms with Crippen LogP contribution >= 0.6 is 11.8 Å². The second-order valence-corrected chi connectivity index (χ2v) is 6.89. The van der Waals surface area contributed by atoms with E-state index in [0.717, 1.165) is 0 Å². The van der Waals surface area contributed by atoms with E-state index in [1.165, 1.54) is 18.9 Å². The van der Waals surface area contributed by atoms with Crippen molar-refractivity contribution in [2.24, 2.45) is 0 Å². The predicted molar refractivity (Wildman–Crippen MR) is 71.0 cm³/mol. The van der Waals surface area contributed by atoms with E-state index in [1.54, 1.807) is 0 Å². The van der Waals surface area contributed by atoms with E-state index in [-0.39, 0.29) is 27.9 Å². The number of rotatable bonds is 5. The number of ether oxygens (including phenoxy) is 1. The van der Waals surface area contributed by atoms with E-state index < -0.39 is 0 Å². The fraction of sp³-hybridized carbons (Fsp3) is 0.833. The predicted octanol–water partition coefficient (Wildman–Crippen LogP) is 1.97. The number of esters is 1. The normalized spacial score (nSPS) is 14.9. The fourth-order valence-electron chi connectivity index (χ4n) is 1.25. The molecular formula is C12H23NO3S. The SMILES string of the molecule is COC(=O)CC(C)SC(C)C(=O)NC(C)(C)C. The first-order chi connectivity index (χ1) is 7.65. The summed E-state index contributed by atoms with van der Waals surface area (Å²) in [6.45, 7) is 9.60. The Kier molecular flexibility index (Phi) is 6.60. The van der Waals surface area contributed by atoms with E-state index in [2.05, 4.69) is 10.1 Å². The van der Waals surface area contributed by atoms with Gasteiger partial charge in [-0.3, -0.25) is 9.59 Å². The van der Waals surface area contributed by atoms with Crippen molar-refractivity contribution in [2.45, 2.75) is 57.1 Å². The maximum Gasteiger partial charge on any atom is 0.306 e. The number of hydrogen-bond acceptors (Lipinski definition) is 4. The molecule has 0 bridgehead atoms. The number of thioether (sulfide) groups is 1. The summed E-state index contributed by atoms with van der Waals surface area (Å²) >= 11 is 1.48. The van der Waals surface area contributed by atoms with Crippen molar-refractivity contribution in [3.63, 3.8) is 0 Å². The van der Waals surface area contributed by atoms with Gasteiger partial charge in [-0.2, -0.15) is 0 Å². The van der Waals surface area contributed by atoms with E-state index in [9.17, 15) is 9.59 Å². The van der Waals surface area contributed by atoms with Crippen molar-refractivity contribution in [1.82, 2.24) is 5.32 Å². The first-order valence-corrected chi connectivity index (χ1v) is 6.64. The van der Waals surface area contributed by atoms with Gasteiger partial charge < -0.3 is 10.1 Å². The topological polar surface area (TPSA) is 55.4 Å². The third-order valence-corrected chi connectivity index (χ3v) is 3.24. The molecule has 2 unspecified atom stereocenters. The summed E-state index contributed by atoms with van der Waals surface area (Å²) in [5, 5.41) is 2.82. The molecule has 0 aromatic rings. The molecule has 0 radical (unpaired) electrons. The third-order valence-electron chi connectivity index (χ3n) is 1.99. The minimum atomic E-state index is -0.242. The monoisotopic (exact) mass is 261 g/mol. The maximum atomic E-state index is 11.8. The lowest BCUT2D eigenvalue weighted by Gasteiger charge is -2.24. The van der Waals surface area contributed by atoms with Crippen LogP contribution < -0.4 is 5.32 Å². The van der Waals surface area contributed by atoms with Crippen LogP contribution in [0.3, 0.4) is 0 Å². The number of hydrogen-bond donors (Lipinski definition) is 1. The molecule has 0 aliphatic rings. The van der Waals surface area contributed by atoms with Crippen molar-refractivity contribution in [2.75, 3.05) is 7.11 Å². The van der Waals surface area contributed by atoms with Crippen LogP contribution in [0, 0.1) is 0 Å². The van der Waals surface area contributed by atoms with Crippen LogP contribution in [0.2, 0.25) is 0 Å². The van der Waals surface area contributed by atoms with Gasteiger partial charge in [0.25, 0.3) is 0 Å². The van der Waals surface area contributed by atoms with Crippen LogP contribution in [-0.4, -0.2) is 35.0 Å². The molecule has 5 heteroatoms. The molecule has 17 heavy (non-hydrogen) atoms. The van der Waals surface area contributed by atoms with E-state index in [4.69, 9.17) is 0 Å². The Balaban J connectivity index is 4.12. The van der Waals surface area contributed by atoms with Gasteiger partial charge in [0.05, 0.1) is 18.8 Å². The lowest BCUT2D eigenvalue weighted by molar-refractivity contribution is -0.140. The Morgan fingerprint density at radius 3 is 2.24 bits per heavy atom. The highest BCUT2D eigenvalue weighted by molar-refractivity contribution is 8.01. The van der Waals surface area contributed by atoms with Gasteiger partial charge >= 0.3 is 5.97 Å². The Hall–Kier alpha value is -0.710. The van der Waals surface area contributed by atoms with Crippen LogP contribution in [0.5, 0.6) is 0 Å². The summed E-state index contributed by atoms with van der Waals surface area (Å²) in [7, 11) is 1.37. The van der Waals surface area contributed by atoms with Crippen LogP contribution in [0.25, 0.3) is 0 Å². The minimum absolute atomic E-state index is 0.000726. The Bertz CT molecular complexity index is 273. The van der Waals surface area contributed by atoms with Crippen molar-refractivity contribution >= 4 is 23.6 Å². The molecule has 0 aromatic heterocycles. The molecule has 0 saturated carbocycles. The fourth-order valence-corrected chi connectivity index (χ4v) is 2.36. The summed E-state index contributed by atoms with van der Waals surface area (Å²) in [6.07, 6.45) is 0.328. The van der Waals surface area contributed by atoms with Crippen LogP contribution in [-0.2, 0) is 14.3 Å². The number of amides is 1. The lowest BCUT2D eigenvalue weighted by Crippen LogP contribution is -2.44. The zero-order chi connectivity index (χ0) is 13.6. The highest BCUT2D eigenvalue weighted by Crippen LogP contribution is 2.21. The van der Waals surface area contributed by atoms with Gasteiger partial charge in [-0.25, -0.2) is 0 Å². The Morgan fingerprint density at radius 1 is 1.29 bits per heavy atom. The van der Waals surface area contributed by atoms with E-state index in [1.807, 2.05) is 34.6 Å². The zero-order valence-corrected chi connectivity index (χ0v) is 12.3. The van der Waals surface area contributed by atoms with Crippen molar-refractivity contribution in [3.05, 3.63) is 0 Å². The molecule has 0 spiro atoms. The highest BCUT2D eigenvalue weighted by atomic mass is 32.2. The standard InChI is InChI=1S/C12H23NO3S/c1-8(7-10(14)16-6)17-9(2)11(15)13-12(3,4)5/h8-9H,7H2,1-6H3,(H,13,15). The summed E-state index contributed by atoms with van der Waals surface area (Å²) in [4.78, 5) is 22.9. The second kappa shape index (κ2) is 6.89. The number of carbonyl (C=O) groups is 2. The third kappa shape index (κ3) is 8.07. The molecule has 2 atom stereocenters. The summed E-state index contributed by atoms with van der Waals surface area (Å²) in [5.74, 6) is -0.243. The van der Waals surface area contributed by atoms with Gasteiger partial charge in [0.1, 0.15) is 0 Å². The van der Waals surface area contributed by atoms with Crippen molar-refractivity contribution in [1.29, 1.82) is 0 Å². The van der Waals surface area contributed by atoms with Gasteiger partial charge in [0.15, 0.2) is 0 Å². The molecule has 0 heterocycles. The van der Waals surface area contributed by atoms with E-state index >= 15 is 0 Å². The van der Waals surface area contributed by atoms with Gasteiger partial charge in [-0.05, 0) is 27.7 Å². The molecule has 1 amide bonds. The Morgan fingerprint density at radius 2 is 1.82 bits per heavy atom. The summed E-state index contributed by atoms with van der Waals surface area (Å²) < 4.78 is 4.59. The lowest BCUT2D eigenvalue weighted by atomic mass is 10.1. The first kappa shape index (κ1) is 16.3. The Labute approximate surface area is 108 Å². The van der Waals surface area contributed by atoms with Crippen molar-refractivity contribution in [3.8, 4) is 0 Å². The molecule has 0 aliphatic heterocycles. The van der Waals surface area contributed by atoms with Crippen LogP contribution in [0.15, 0.2) is 0 Å². The molecule has 0 fully saturated rings. The zero-order valence-electron chi connectivity index (χ0n) is 11.5. The van der Waals surface area contributed by atoms with Crippen molar-refractivity contribution < 1.29 is 14.3 Å². The average molecular weight is 261 g/mol. The molecule has 4 nitrogen and oxygen atoms in total. The molecule has 0 aliphatic carbocycles. The van der Waals surface area contributed by atoms with Gasteiger partial charge in [0.2, 0.25) is 5.91 Å². The van der Waals surface area contributed by atoms with Gasteiger partial charge in [-0.1, -0.05) is 6.92 Å². The quantitative estimate of drug-likeness (QED) is 0.769. The molecular weight excluding hydrogens is 238 g/mol. The summed E-state index contributed by atoms with van der Waals surface area (Å²) in [6, 6.07) is 0. The average Bonchev–Trinajstić information content (AvgIpc) is 2.14. The van der Waals surface area contributed by atoms with Gasteiger partial charge in [-0.15, -0.1) is 11.8 Å². The molecule has 0 rings (SSSR count). The maximum absolute atomic E-state index is 11.8. The first-order valence-electron chi connectivity index (χ1n) is 5.70. The van der Waals surface area contributed by atoms with E-state index in [0.29, 0.717) is 6.42 Å². The minimum Gasteiger partial charge on any atom is -0.469 e. The molecule has 0 saturated heterocycles. The number of carbonyl (C=O) groups excluding carboxylic acids is 2. The molecule has 0 aromatic carbocycles. The molecule has 100 valence electrons. The second-order valence-electron chi connectivity index (χ2n) is 5.11. The molecule has 1 N–H and O–H groups in total. The number of nitrogens with one attached hydrogen (secondary N) is 1. The summed E-state index contributed by atoms with van der Waals surface area (Å²) in [5.41, 5.74) is -0.225. The largest absolute Gasteiger partial charge is 0.469 e. The smallest absolute Gasteiger partial charge is 0.306 e. The van der Waals surface area contributed by atoms with Crippen LogP contribution in [0.1, 0.15) is 41.0 Å².